The Hall–Kier alpha value is -3.20. The van der Waals surface area contributed by atoms with E-state index in [4.69, 9.17) is 4.42 Å². The number of hydrogen-bond donors (Lipinski definition) is 1. The molecule has 0 spiro atoms. The fraction of sp³-hybridized carbons (Fsp3) is 0.211. The molecular weight excluding hydrogens is 380 g/mol. The Kier molecular flexibility index (Phi) is 5.74. The molecule has 2 aromatic carbocycles. The maximum absolute atomic E-state index is 12.3. The molecule has 0 fully saturated rings. The monoisotopic (exact) mass is 398 g/mol. The highest BCUT2D eigenvalue weighted by molar-refractivity contribution is 7.99. The smallest absolute Gasteiger partial charge is 0.293 e. The fourth-order valence-electron chi connectivity index (χ4n) is 2.74. The van der Waals surface area contributed by atoms with E-state index in [1.807, 2.05) is 31.2 Å². The standard InChI is InChI=1S/C19H18N4O4S/c1-11-8-13(3)17(15(9-11)23(25)26)20-16(24)10-28-19-22-21-18(27-19)14-7-5-4-6-12(14)2/h4-9H,10H2,1-3H3,(H,20,24). The first kappa shape index (κ1) is 19.6. The average Bonchev–Trinajstić information content (AvgIpc) is 3.11. The molecule has 1 heterocycles. The van der Waals surface area contributed by atoms with Gasteiger partial charge >= 0.3 is 0 Å². The molecule has 0 saturated heterocycles. The van der Waals surface area contributed by atoms with Gasteiger partial charge in [-0.3, -0.25) is 14.9 Å². The maximum atomic E-state index is 12.3. The quantitative estimate of drug-likeness (QED) is 0.374. The van der Waals surface area contributed by atoms with Crippen LogP contribution in [-0.2, 0) is 4.79 Å². The highest BCUT2D eigenvalue weighted by atomic mass is 32.2. The Bertz CT molecular complexity index is 1050. The number of carbonyl (C=O) groups excluding carboxylic acids is 1. The second-order valence-corrected chi connectivity index (χ2v) is 7.18. The average molecular weight is 398 g/mol. The van der Waals surface area contributed by atoms with Crippen molar-refractivity contribution in [1.29, 1.82) is 0 Å². The van der Waals surface area contributed by atoms with Crippen LogP contribution in [0.2, 0.25) is 0 Å². The van der Waals surface area contributed by atoms with Crippen molar-refractivity contribution < 1.29 is 14.1 Å². The van der Waals surface area contributed by atoms with E-state index in [1.54, 1.807) is 19.9 Å². The Labute approximate surface area is 165 Å². The Morgan fingerprint density at radius 1 is 1.18 bits per heavy atom. The Balaban J connectivity index is 1.68. The first-order valence-corrected chi connectivity index (χ1v) is 9.41. The van der Waals surface area contributed by atoms with E-state index in [0.29, 0.717) is 11.5 Å². The van der Waals surface area contributed by atoms with E-state index in [1.165, 1.54) is 6.07 Å². The van der Waals surface area contributed by atoms with Gasteiger partial charge in [0, 0.05) is 11.6 Å². The molecule has 8 nitrogen and oxygen atoms in total. The van der Waals surface area contributed by atoms with Crippen molar-refractivity contribution >= 4 is 29.0 Å². The summed E-state index contributed by atoms with van der Waals surface area (Å²) in [5.74, 6) is -0.0263. The number of nitrogens with zero attached hydrogens (tertiary/aromatic N) is 3. The van der Waals surface area contributed by atoms with E-state index < -0.39 is 10.8 Å². The fourth-order valence-corrected chi connectivity index (χ4v) is 3.31. The van der Waals surface area contributed by atoms with Crippen LogP contribution in [0.4, 0.5) is 11.4 Å². The minimum Gasteiger partial charge on any atom is -0.411 e. The predicted molar refractivity (Wildman–Crippen MR) is 106 cm³/mol. The third kappa shape index (κ3) is 4.37. The number of nitro benzene ring substituents is 1. The van der Waals surface area contributed by atoms with Crippen LogP contribution in [0.5, 0.6) is 0 Å². The molecule has 0 saturated carbocycles. The number of thioether (sulfide) groups is 1. The second kappa shape index (κ2) is 8.22. The van der Waals surface area contributed by atoms with Gasteiger partial charge in [-0.25, -0.2) is 0 Å². The highest BCUT2D eigenvalue weighted by Crippen LogP contribution is 2.30. The molecule has 1 aromatic heterocycles. The normalized spacial score (nSPS) is 10.7. The summed E-state index contributed by atoms with van der Waals surface area (Å²) >= 11 is 1.07. The van der Waals surface area contributed by atoms with Gasteiger partial charge in [-0.05, 0) is 43.5 Å². The molecule has 9 heteroatoms. The third-order valence-electron chi connectivity index (χ3n) is 4.03. The topological polar surface area (TPSA) is 111 Å². The molecule has 0 unspecified atom stereocenters. The minimum absolute atomic E-state index is 0.0140. The number of nitrogens with one attached hydrogen (secondary N) is 1. The number of benzene rings is 2. The van der Waals surface area contributed by atoms with Gasteiger partial charge in [0.2, 0.25) is 11.8 Å². The zero-order valence-corrected chi connectivity index (χ0v) is 16.4. The number of anilines is 1. The van der Waals surface area contributed by atoms with Gasteiger partial charge in [-0.15, -0.1) is 10.2 Å². The van der Waals surface area contributed by atoms with Gasteiger partial charge in [0.05, 0.1) is 10.7 Å². The van der Waals surface area contributed by atoms with Crippen LogP contribution in [0.25, 0.3) is 11.5 Å². The molecule has 0 radical (unpaired) electrons. The molecule has 0 aliphatic rings. The van der Waals surface area contributed by atoms with Crippen molar-refractivity contribution in [1.82, 2.24) is 10.2 Å². The van der Waals surface area contributed by atoms with Crippen molar-refractivity contribution in [2.45, 2.75) is 26.0 Å². The molecular formula is C19H18N4O4S. The summed E-state index contributed by atoms with van der Waals surface area (Å²) in [4.78, 5) is 23.0. The second-order valence-electron chi connectivity index (χ2n) is 6.26. The summed E-state index contributed by atoms with van der Waals surface area (Å²) in [5, 5.41) is 22.1. The van der Waals surface area contributed by atoms with Crippen molar-refractivity contribution in [2.75, 3.05) is 11.1 Å². The highest BCUT2D eigenvalue weighted by Gasteiger charge is 2.20. The number of carbonyl (C=O) groups is 1. The Morgan fingerprint density at radius 3 is 2.64 bits per heavy atom. The van der Waals surface area contributed by atoms with E-state index in [-0.39, 0.29) is 22.4 Å². The molecule has 0 aliphatic carbocycles. The van der Waals surface area contributed by atoms with Gasteiger partial charge in [-0.1, -0.05) is 36.0 Å². The number of rotatable bonds is 6. The summed E-state index contributed by atoms with van der Waals surface area (Å²) in [5.41, 5.74) is 3.29. The molecule has 3 aromatic rings. The van der Waals surface area contributed by atoms with Crippen LogP contribution in [0.15, 0.2) is 46.0 Å². The lowest BCUT2D eigenvalue weighted by atomic mass is 10.1. The number of nitro groups is 1. The largest absolute Gasteiger partial charge is 0.411 e. The predicted octanol–water partition coefficient (Wildman–Crippen LogP) is 4.30. The summed E-state index contributed by atoms with van der Waals surface area (Å²) in [7, 11) is 0. The summed E-state index contributed by atoms with van der Waals surface area (Å²) in [6.45, 7) is 5.43. The lowest BCUT2D eigenvalue weighted by Gasteiger charge is -2.09. The van der Waals surface area contributed by atoms with Crippen LogP contribution in [0, 0.1) is 30.9 Å². The molecule has 0 atom stereocenters. The molecule has 1 N–H and O–H groups in total. The maximum Gasteiger partial charge on any atom is 0.293 e. The van der Waals surface area contributed by atoms with Crippen LogP contribution in [-0.4, -0.2) is 26.8 Å². The molecule has 144 valence electrons. The van der Waals surface area contributed by atoms with Crippen LogP contribution in [0.1, 0.15) is 16.7 Å². The summed E-state index contributed by atoms with van der Waals surface area (Å²) < 4.78 is 5.61. The zero-order chi connectivity index (χ0) is 20.3. The van der Waals surface area contributed by atoms with Crippen LogP contribution < -0.4 is 5.32 Å². The SMILES string of the molecule is Cc1cc(C)c(NC(=O)CSc2nnc(-c3ccccc3C)o2)c([N+](=O)[O-])c1. The lowest BCUT2D eigenvalue weighted by molar-refractivity contribution is -0.384. The van der Waals surface area contributed by atoms with Gasteiger partial charge in [0.1, 0.15) is 5.69 Å². The molecule has 0 bridgehead atoms. The summed E-state index contributed by atoms with van der Waals surface area (Å²) in [6.07, 6.45) is 0. The van der Waals surface area contributed by atoms with Crippen molar-refractivity contribution in [3.8, 4) is 11.5 Å². The first-order chi connectivity index (χ1) is 13.3. The van der Waals surface area contributed by atoms with Gasteiger partial charge in [0.15, 0.2) is 0 Å². The van der Waals surface area contributed by atoms with E-state index in [0.717, 1.165) is 28.5 Å². The van der Waals surface area contributed by atoms with Crippen molar-refractivity contribution in [2.24, 2.45) is 0 Å². The van der Waals surface area contributed by atoms with Crippen molar-refractivity contribution in [3.05, 3.63) is 63.2 Å². The van der Waals surface area contributed by atoms with Crippen LogP contribution in [0.3, 0.4) is 0 Å². The van der Waals surface area contributed by atoms with Gasteiger partial charge in [0.25, 0.3) is 10.9 Å². The number of hydrogen-bond acceptors (Lipinski definition) is 7. The molecule has 0 aliphatic heterocycles. The number of amides is 1. The summed E-state index contributed by atoms with van der Waals surface area (Å²) in [6, 6.07) is 10.8. The minimum atomic E-state index is -0.505. The molecule has 3 rings (SSSR count). The lowest BCUT2D eigenvalue weighted by Crippen LogP contribution is -2.16. The Morgan fingerprint density at radius 2 is 1.93 bits per heavy atom. The first-order valence-electron chi connectivity index (χ1n) is 8.43. The zero-order valence-electron chi connectivity index (χ0n) is 15.6. The van der Waals surface area contributed by atoms with Gasteiger partial charge < -0.3 is 9.73 Å². The number of aromatic nitrogens is 2. The molecule has 28 heavy (non-hydrogen) atoms. The van der Waals surface area contributed by atoms with Crippen molar-refractivity contribution in [3.63, 3.8) is 0 Å². The number of aryl methyl sites for hydroxylation is 3. The van der Waals surface area contributed by atoms with E-state index in [2.05, 4.69) is 15.5 Å². The van der Waals surface area contributed by atoms with Gasteiger partial charge in [-0.2, -0.15) is 0 Å². The third-order valence-corrected chi connectivity index (χ3v) is 4.85. The van der Waals surface area contributed by atoms with Crippen LogP contribution >= 0.6 is 11.8 Å². The van der Waals surface area contributed by atoms with E-state index >= 15 is 0 Å². The molecule has 1 amide bonds. The van der Waals surface area contributed by atoms with E-state index in [9.17, 15) is 14.9 Å².